The molecule has 0 saturated heterocycles. The van der Waals surface area contributed by atoms with Crippen LogP contribution < -0.4 is 10.1 Å². The predicted molar refractivity (Wildman–Crippen MR) is 81.4 cm³/mol. The summed E-state index contributed by atoms with van der Waals surface area (Å²) in [6.07, 6.45) is 1.23. The third kappa shape index (κ3) is 4.58. The molecule has 1 aromatic heterocycles. The van der Waals surface area contributed by atoms with Gasteiger partial charge in [0.25, 0.3) is 0 Å². The molecule has 1 heterocycles. The molecule has 22 heavy (non-hydrogen) atoms. The van der Waals surface area contributed by atoms with Crippen LogP contribution in [0.25, 0.3) is 0 Å². The van der Waals surface area contributed by atoms with Gasteiger partial charge in [0.1, 0.15) is 5.75 Å². The van der Waals surface area contributed by atoms with Crippen molar-refractivity contribution < 1.29 is 14.1 Å². The van der Waals surface area contributed by atoms with E-state index in [1.165, 1.54) is 0 Å². The number of rotatable bonds is 7. The van der Waals surface area contributed by atoms with Crippen molar-refractivity contribution in [3.63, 3.8) is 0 Å². The van der Waals surface area contributed by atoms with Gasteiger partial charge in [0, 0.05) is 13.3 Å². The highest BCUT2D eigenvalue weighted by molar-refractivity contribution is 5.76. The molecule has 1 aromatic carbocycles. The van der Waals surface area contributed by atoms with Crippen LogP contribution in [0.3, 0.4) is 0 Å². The largest absolute Gasteiger partial charge is 0.496 e. The molecule has 2 aromatic rings. The predicted octanol–water partition coefficient (Wildman–Crippen LogP) is 2.27. The second-order valence-electron chi connectivity index (χ2n) is 5.33. The molecule has 2 rings (SSSR count). The minimum Gasteiger partial charge on any atom is -0.496 e. The van der Waals surface area contributed by atoms with Gasteiger partial charge < -0.3 is 14.6 Å². The zero-order valence-electron chi connectivity index (χ0n) is 13.1. The smallest absolute Gasteiger partial charge is 0.223 e. The van der Waals surface area contributed by atoms with Crippen LogP contribution in [0.15, 0.2) is 28.8 Å². The summed E-state index contributed by atoms with van der Waals surface area (Å²) in [6, 6.07) is 7.87. The van der Waals surface area contributed by atoms with E-state index in [-0.39, 0.29) is 18.4 Å². The fourth-order valence-electron chi connectivity index (χ4n) is 2.30. The molecule has 1 atom stereocenters. The van der Waals surface area contributed by atoms with E-state index in [1.807, 2.05) is 31.2 Å². The highest BCUT2D eigenvalue weighted by Gasteiger charge is 2.13. The molecule has 0 unspecified atom stereocenters. The fraction of sp³-hybridized carbons (Fsp3) is 0.438. The van der Waals surface area contributed by atoms with Gasteiger partial charge in [-0.25, -0.2) is 0 Å². The number of aryl methyl sites for hydroxylation is 1. The number of hydrogen-bond donors (Lipinski definition) is 1. The number of carbonyl (C=O) groups is 1. The Morgan fingerprint density at radius 2 is 2.18 bits per heavy atom. The van der Waals surface area contributed by atoms with Gasteiger partial charge in [0.15, 0.2) is 5.82 Å². The van der Waals surface area contributed by atoms with E-state index in [0.29, 0.717) is 18.1 Å². The second-order valence-corrected chi connectivity index (χ2v) is 5.33. The lowest BCUT2D eigenvalue weighted by Crippen LogP contribution is -2.25. The molecule has 6 nitrogen and oxygen atoms in total. The van der Waals surface area contributed by atoms with Gasteiger partial charge in [-0.2, -0.15) is 4.98 Å². The minimum atomic E-state index is -0.0233. The lowest BCUT2D eigenvalue weighted by molar-refractivity contribution is -0.122. The highest BCUT2D eigenvalue weighted by atomic mass is 16.5. The summed E-state index contributed by atoms with van der Waals surface area (Å²) >= 11 is 0. The third-order valence-electron chi connectivity index (χ3n) is 3.31. The number of nitrogens with one attached hydrogen (secondary N) is 1. The molecule has 6 heteroatoms. The summed E-state index contributed by atoms with van der Waals surface area (Å²) in [6.45, 7) is 4.05. The molecule has 0 radical (unpaired) electrons. The second kappa shape index (κ2) is 7.59. The average molecular weight is 303 g/mol. The van der Waals surface area contributed by atoms with Crippen molar-refractivity contribution >= 4 is 5.91 Å². The first-order chi connectivity index (χ1) is 10.6. The average Bonchev–Trinajstić information content (AvgIpc) is 2.91. The number of ether oxygens (including phenoxy) is 1. The van der Waals surface area contributed by atoms with Gasteiger partial charge in [-0.3, -0.25) is 4.79 Å². The van der Waals surface area contributed by atoms with Crippen LogP contribution in [-0.4, -0.2) is 23.2 Å². The summed E-state index contributed by atoms with van der Waals surface area (Å²) in [5, 5.41) is 6.54. The van der Waals surface area contributed by atoms with Crippen molar-refractivity contribution in [2.75, 3.05) is 7.11 Å². The standard InChI is InChI=1S/C16H21N3O3/c1-11(8-13-6-4-5-7-14(13)21-3)9-16(20)17-10-15-18-12(2)22-19-15/h4-7,11H,8-10H2,1-3H3,(H,17,20)/t11-/m1/s1. The molecule has 1 amide bonds. The van der Waals surface area contributed by atoms with Crippen LogP contribution in [0.2, 0.25) is 0 Å². The first kappa shape index (κ1) is 16.0. The van der Waals surface area contributed by atoms with Crippen molar-refractivity contribution in [3.05, 3.63) is 41.5 Å². The Kier molecular flexibility index (Phi) is 5.52. The first-order valence-electron chi connectivity index (χ1n) is 7.26. The number of hydrogen-bond acceptors (Lipinski definition) is 5. The van der Waals surface area contributed by atoms with E-state index >= 15 is 0 Å². The lowest BCUT2D eigenvalue weighted by atomic mass is 9.97. The van der Waals surface area contributed by atoms with Crippen molar-refractivity contribution in [1.82, 2.24) is 15.5 Å². The van der Waals surface area contributed by atoms with E-state index in [9.17, 15) is 4.79 Å². The molecule has 0 aliphatic heterocycles. The summed E-state index contributed by atoms with van der Waals surface area (Å²) in [5.41, 5.74) is 1.11. The number of amides is 1. The van der Waals surface area contributed by atoms with Gasteiger partial charge in [-0.05, 0) is 24.0 Å². The maximum Gasteiger partial charge on any atom is 0.223 e. The molecule has 0 bridgehead atoms. The molecule has 0 spiro atoms. The van der Waals surface area contributed by atoms with Gasteiger partial charge in [-0.15, -0.1) is 0 Å². The van der Waals surface area contributed by atoms with E-state index in [0.717, 1.165) is 17.7 Å². The van der Waals surface area contributed by atoms with Crippen LogP contribution in [0.5, 0.6) is 5.75 Å². The Morgan fingerprint density at radius 1 is 1.41 bits per heavy atom. The van der Waals surface area contributed by atoms with Gasteiger partial charge >= 0.3 is 0 Å². The van der Waals surface area contributed by atoms with Gasteiger partial charge in [-0.1, -0.05) is 30.3 Å². The van der Waals surface area contributed by atoms with Crippen LogP contribution in [0.4, 0.5) is 0 Å². The molecule has 118 valence electrons. The minimum absolute atomic E-state index is 0.0233. The van der Waals surface area contributed by atoms with Gasteiger partial charge in [0.05, 0.1) is 13.7 Å². The van der Waals surface area contributed by atoms with E-state index in [1.54, 1.807) is 14.0 Å². The van der Waals surface area contributed by atoms with Crippen molar-refractivity contribution in [3.8, 4) is 5.75 Å². The quantitative estimate of drug-likeness (QED) is 0.849. The number of benzene rings is 1. The Hall–Kier alpha value is -2.37. The Balaban J connectivity index is 1.81. The zero-order chi connectivity index (χ0) is 15.9. The topological polar surface area (TPSA) is 77.2 Å². The Bertz CT molecular complexity index is 625. The lowest BCUT2D eigenvalue weighted by Gasteiger charge is -2.13. The maximum absolute atomic E-state index is 11.9. The van der Waals surface area contributed by atoms with Crippen molar-refractivity contribution in [2.45, 2.75) is 33.2 Å². The summed E-state index contributed by atoms with van der Waals surface area (Å²) in [7, 11) is 1.66. The number of methoxy groups -OCH3 is 1. The molecule has 0 aliphatic carbocycles. The molecule has 0 saturated carbocycles. The van der Waals surface area contributed by atoms with E-state index in [4.69, 9.17) is 9.26 Å². The summed E-state index contributed by atoms with van der Waals surface area (Å²) < 4.78 is 10.2. The first-order valence-corrected chi connectivity index (χ1v) is 7.26. The molecule has 0 aliphatic rings. The molecule has 1 N–H and O–H groups in total. The van der Waals surface area contributed by atoms with Crippen molar-refractivity contribution in [1.29, 1.82) is 0 Å². The Labute approximate surface area is 129 Å². The number of nitrogens with zero attached hydrogens (tertiary/aromatic N) is 2. The Morgan fingerprint density at radius 3 is 2.86 bits per heavy atom. The van der Waals surface area contributed by atoms with Gasteiger partial charge in [0.2, 0.25) is 11.8 Å². The van der Waals surface area contributed by atoms with Crippen LogP contribution in [0.1, 0.15) is 30.6 Å². The van der Waals surface area contributed by atoms with E-state index < -0.39 is 0 Å². The molecular weight excluding hydrogens is 282 g/mol. The number of aromatic nitrogens is 2. The monoisotopic (exact) mass is 303 g/mol. The van der Waals surface area contributed by atoms with Crippen LogP contribution >= 0.6 is 0 Å². The fourth-order valence-corrected chi connectivity index (χ4v) is 2.30. The summed E-state index contributed by atoms with van der Waals surface area (Å²) in [4.78, 5) is 16.0. The highest BCUT2D eigenvalue weighted by Crippen LogP contribution is 2.22. The van der Waals surface area contributed by atoms with Crippen LogP contribution in [0, 0.1) is 12.8 Å². The van der Waals surface area contributed by atoms with E-state index in [2.05, 4.69) is 15.5 Å². The third-order valence-corrected chi connectivity index (χ3v) is 3.31. The van der Waals surface area contributed by atoms with Crippen molar-refractivity contribution in [2.24, 2.45) is 5.92 Å². The van der Waals surface area contributed by atoms with Crippen LogP contribution in [-0.2, 0) is 17.8 Å². The SMILES string of the molecule is COc1ccccc1C[C@@H](C)CC(=O)NCc1noc(C)n1. The molecule has 0 fully saturated rings. The number of carbonyl (C=O) groups excluding carboxylic acids is 1. The molecular formula is C16H21N3O3. The normalized spacial score (nSPS) is 12.0. The zero-order valence-corrected chi connectivity index (χ0v) is 13.1. The number of para-hydroxylation sites is 1. The summed E-state index contributed by atoms with van der Waals surface area (Å²) in [5.74, 6) is 2.03. The maximum atomic E-state index is 11.9.